The first-order valence-corrected chi connectivity index (χ1v) is 13.4. The van der Waals surface area contributed by atoms with Crippen molar-refractivity contribution in [3.05, 3.63) is 117 Å². The minimum absolute atomic E-state index is 0.00718. The van der Waals surface area contributed by atoms with Crippen LogP contribution in [0.4, 0.5) is 5.69 Å². The van der Waals surface area contributed by atoms with Crippen molar-refractivity contribution in [2.24, 2.45) is 5.73 Å². The molecule has 0 aliphatic carbocycles. The van der Waals surface area contributed by atoms with Crippen LogP contribution in [-0.2, 0) is 24.8 Å². The van der Waals surface area contributed by atoms with Gasteiger partial charge in [-0.15, -0.1) is 11.8 Å². The Balaban J connectivity index is 1.78. The van der Waals surface area contributed by atoms with Crippen LogP contribution in [0.15, 0.2) is 100 Å². The van der Waals surface area contributed by atoms with Gasteiger partial charge in [-0.3, -0.25) is 4.90 Å². The molecule has 1 heterocycles. The van der Waals surface area contributed by atoms with E-state index in [1.54, 1.807) is 66.4 Å². The molecule has 1 atom stereocenters. The van der Waals surface area contributed by atoms with Gasteiger partial charge in [0, 0.05) is 26.4 Å². The van der Waals surface area contributed by atoms with Crippen LogP contribution in [0.25, 0.3) is 0 Å². The molecule has 0 bridgehead atoms. The lowest BCUT2D eigenvalue weighted by Gasteiger charge is -2.35. The third kappa shape index (κ3) is 5.76. The average Bonchev–Trinajstić information content (AvgIpc) is 2.96. The van der Waals surface area contributed by atoms with Gasteiger partial charge < -0.3 is 15.2 Å². The van der Waals surface area contributed by atoms with Gasteiger partial charge in [0.15, 0.2) is 0 Å². The number of anilines is 1. The summed E-state index contributed by atoms with van der Waals surface area (Å²) < 4.78 is 10.1. The highest BCUT2D eigenvalue weighted by Crippen LogP contribution is 2.43. The predicted octanol–water partition coefficient (Wildman–Crippen LogP) is 6.18. The molecule has 0 radical (unpaired) electrons. The Kier molecular flexibility index (Phi) is 8.87. The lowest BCUT2D eigenvalue weighted by Crippen LogP contribution is -2.40. The van der Waals surface area contributed by atoms with E-state index in [1.807, 2.05) is 18.2 Å². The second-order valence-corrected chi connectivity index (χ2v) is 10.2. The molecule has 0 saturated heterocycles. The van der Waals surface area contributed by atoms with E-state index in [4.69, 9.17) is 38.4 Å². The first-order chi connectivity index (χ1) is 18.8. The molecule has 2 N–H and O–H groups in total. The normalized spacial score (nSPS) is 15.2. The van der Waals surface area contributed by atoms with Crippen LogP contribution in [0.3, 0.4) is 0 Å². The number of halogens is 2. The molecule has 0 spiro atoms. The highest BCUT2D eigenvalue weighted by molar-refractivity contribution is 7.98. The van der Waals surface area contributed by atoms with Gasteiger partial charge in [0.05, 0.1) is 37.4 Å². The molecule has 39 heavy (non-hydrogen) atoms. The summed E-state index contributed by atoms with van der Waals surface area (Å²) in [5, 5.41) is 11.3. The third-order valence-corrected chi connectivity index (χ3v) is 7.76. The first kappa shape index (κ1) is 28.1. The number of nitriles is 1. The van der Waals surface area contributed by atoms with E-state index >= 15 is 0 Å². The molecule has 3 aromatic rings. The summed E-state index contributed by atoms with van der Waals surface area (Å²) >= 11 is 13.8. The summed E-state index contributed by atoms with van der Waals surface area (Å²) in [4.78, 5) is 28.6. The fourth-order valence-corrected chi connectivity index (χ4v) is 5.73. The number of hydrogen-bond donors (Lipinski definition) is 1. The maximum absolute atomic E-state index is 13.2. The maximum Gasteiger partial charge on any atom is 0.355 e. The van der Waals surface area contributed by atoms with Gasteiger partial charge in [-0.25, -0.2) is 9.59 Å². The number of benzene rings is 3. The fourth-order valence-electron chi connectivity index (χ4n) is 4.27. The number of nitrogens with zero attached hydrogens (tertiary/aromatic N) is 2. The van der Waals surface area contributed by atoms with Crippen LogP contribution in [-0.4, -0.2) is 26.2 Å². The quantitative estimate of drug-likeness (QED) is 0.261. The van der Waals surface area contributed by atoms with Crippen LogP contribution >= 0.6 is 35.0 Å². The fraction of sp³-hybridized carbons (Fsp3) is 0.138. The summed E-state index contributed by atoms with van der Waals surface area (Å²) in [6.45, 7) is 0. The number of carbonyl (C=O) groups excluding carboxylic acids is 2. The minimum Gasteiger partial charge on any atom is -0.466 e. The van der Waals surface area contributed by atoms with Gasteiger partial charge in [0.25, 0.3) is 0 Å². The number of rotatable bonds is 7. The monoisotopic (exact) mass is 579 g/mol. The van der Waals surface area contributed by atoms with Gasteiger partial charge >= 0.3 is 11.9 Å². The van der Waals surface area contributed by atoms with E-state index in [2.05, 4.69) is 6.07 Å². The van der Waals surface area contributed by atoms with Crippen molar-refractivity contribution >= 4 is 52.6 Å². The van der Waals surface area contributed by atoms with Crippen molar-refractivity contribution in [1.82, 2.24) is 0 Å². The van der Waals surface area contributed by atoms with Crippen molar-refractivity contribution < 1.29 is 19.1 Å². The second-order valence-electron chi connectivity index (χ2n) is 8.35. The summed E-state index contributed by atoms with van der Waals surface area (Å²) in [5.74, 6) is -1.88. The molecule has 0 amide bonds. The summed E-state index contributed by atoms with van der Waals surface area (Å²) in [6, 6.07) is 23.5. The van der Waals surface area contributed by atoms with E-state index in [9.17, 15) is 14.9 Å². The van der Waals surface area contributed by atoms with E-state index in [0.29, 0.717) is 27.0 Å². The van der Waals surface area contributed by atoms with Crippen molar-refractivity contribution in [2.75, 3.05) is 19.1 Å². The van der Waals surface area contributed by atoms with Crippen molar-refractivity contribution in [3.8, 4) is 6.07 Å². The van der Waals surface area contributed by atoms with E-state index in [0.717, 1.165) is 10.5 Å². The Morgan fingerprint density at radius 3 is 2.26 bits per heavy atom. The number of thioether (sulfide) groups is 1. The summed E-state index contributed by atoms with van der Waals surface area (Å²) in [7, 11) is 2.42. The lowest BCUT2D eigenvalue weighted by molar-refractivity contribution is -0.139. The number of nitrogens with two attached hydrogens (primary N) is 1. The molecular weight excluding hydrogens is 557 g/mol. The van der Waals surface area contributed by atoms with Crippen molar-refractivity contribution in [1.29, 1.82) is 5.26 Å². The molecule has 0 aromatic heterocycles. The number of ether oxygens (including phenoxy) is 2. The highest BCUT2D eigenvalue weighted by atomic mass is 35.5. The molecular formula is C29H23Cl2N3O4S. The zero-order chi connectivity index (χ0) is 28.1. The van der Waals surface area contributed by atoms with Crippen molar-refractivity contribution in [2.45, 2.75) is 16.6 Å². The number of carbonyl (C=O) groups is 2. The van der Waals surface area contributed by atoms with E-state index in [-0.39, 0.29) is 22.7 Å². The molecule has 3 aromatic carbocycles. The minimum atomic E-state index is -0.923. The van der Waals surface area contributed by atoms with Gasteiger partial charge in [0.1, 0.15) is 11.5 Å². The SMILES string of the molecule is COC(=O)C1=C(C(=O)OC)N(c2ccc(SCc3ccc(Cl)cc3Cl)cc2)C(N)=C(C#N)C1c1ccccc1. The standard InChI is InChI=1S/C29H23Cl2N3O4S/c1-37-28(35)25-24(17-6-4-3-5-7-17)22(15-32)27(33)34(26(25)29(36)38-2)20-10-12-21(13-11-20)39-16-18-8-9-19(30)14-23(18)31/h3-14,24H,16,33H2,1-2H3. The predicted molar refractivity (Wildman–Crippen MR) is 152 cm³/mol. The molecule has 1 aliphatic heterocycles. The topological polar surface area (TPSA) is 106 Å². The average molecular weight is 580 g/mol. The first-order valence-electron chi connectivity index (χ1n) is 11.6. The van der Waals surface area contributed by atoms with Crippen LogP contribution < -0.4 is 10.6 Å². The maximum atomic E-state index is 13.2. The molecule has 4 rings (SSSR count). The third-order valence-electron chi connectivity index (χ3n) is 6.11. The zero-order valence-corrected chi connectivity index (χ0v) is 23.3. The largest absolute Gasteiger partial charge is 0.466 e. The van der Waals surface area contributed by atoms with Crippen molar-refractivity contribution in [3.63, 3.8) is 0 Å². The number of hydrogen-bond acceptors (Lipinski definition) is 8. The Morgan fingerprint density at radius 2 is 1.67 bits per heavy atom. The molecule has 7 nitrogen and oxygen atoms in total. The summed E-state index contributed by atoms with van der Waals surface area (Å²) in [6.07, 6.45) is 0. The molecule has 10 heteroatoms. The van der Waals surface area contributed by atoms with E-state index < -0.39 is 17.9 Å². The van der Waals surface area contributed by atoms with E-state index in [1.165, 1.54) is 19.1 Å². The van der Waals surface area contributed by atoms with Gasteiger partial charge in [-0.1, -0.05) is 59.6 Å². The zero-order valence-electron chi connectivity index (χ0n) is 21.0. The Hall–Kier alpha value is -3.90. The Labute approximate surface area is 240 Å². The molecule has 0 fully saturated rings. The highest BCUT2D eigenvalue weighted by Gasteiger charge is 2.42. The van der Waals surface area contributed by atoms with Gasteiger partial charge in [-0.2, -0.15) is 5.26 Å². The van der Waals surface area contributed by atoms with Crippen LogP contribution in [0.2, 0.25) is 10.0 Å². The summed E-state index contributed by atoms with van der Waals surface area (Å²) in [5.41, 5.74) is 8.47. The smallest absolute Gasteiger partial charge is 0.355 e. The molecule has 198 valence electrons. The second kappa shape index (κ2) is 12.3. The Morgan fingerprint density at radius 1 is 1.00 bits per heavy atom. The molecule has 1 aliphatic rings. The molecule has 1 unspecified atom stereocenters. The van der Waals surface area contributed by atoms with Crippen LogP contribution in [0.5, 0.6) is 0 Å². The lowest BCUT2D eigenvalue weighted by atomic mass is 9.81. The molecule has 0 saturated carbocycles. The van der Waals surface area contributed by atoms with Crippen LogP contribution in [0.1, 0.15) is 17.0 Å². The Bertz CT molecular complexity index is 1520. The van der Waals surface area contributed by atoms with Gasteiger partial charge in [0.2, 0.25) is 0 Å². The number of esters is 2. The van der Waals surface area contributed by atoms with Crippen LogP contribution in [0, 0.1) is 11.3 Å². The van der Waals surface area contributed by atoms with Gasteiger partial charge in [-0.05, 0) is 47.5 Å². The number of methoxy groups -OCH3 is 2. The number of allylic oxidation sites excluding steroid dienone is 1.